The molecule has 3 rings (SSSR count). The quantitative estimate of drug-likeness (QED) is 0.625. The molecule has 2 aromatic rings. The molecule has 136 valence electrons. The lowest BCUT2D eigenvalue weighted by atomic mass is 9.93. The van der Waals surface area contributed by atoms with Crippen molar-refractivity contribution in [2.24, 2.45) is 0 Å². The number of carbonyl (C=O) groups excluding carboxylic acids is 1. The zero-order chi connectivity index (χ0) is 18.8. The number of rotatable bonds is 4. The molecule has 1 atom stereocenters. The summed E-state index contributed by atoms with van der Waals surface area (Å²) in [6.45, 7) is 12.3. The Morgan fingerprint density at radius 1 is 0.960 bits per heavy atom. The molecule has 25 heavy (non-hydrogen) atoms. The number of ketones is 1. The number of hydrogen-bond acceptors (Lipinski definition) is 3. The molecular weight excluding hydrogens is 312 g/mol. The van der Waals surface area contributed by atoms with Gasteiger partial charge in [-0.1, -0.05) is 70.5 Å². The summed E-state index contributed by atoms with van der Waals surface area (Å²) in [5.41, 5.74) is 3.03. The Hall–Kier alpha value is -2.29. The zero-order valence-corrected chi connectivity index (χ0v) is 16.3. The van der Waals surface area contributed by atoms with E-state index in [0.29, 0.717) is 6.42 Å². The summed E-state index contributed by atoms with van der Waals surface area (Å²) < 4.78 is 10.7. The Morgan fingerprint density at radius 2 is 1.56 bits per heavy atom. The van der Waals surface area contributed by atoms with Gasteiger partial charge in [-0.3, -0.25) is 4.79 Å². The summed E-state index contributed by atoms with van der Waals surface area (Å²) in [5, 5.41) is 0. The van der Waals surface area contributed by atoms with Crippen molar-refractivity contribution in [2.75, 3.05) is 6.79 Å². The van der Waals surface area contributed by atoms with Gasteiger partial charge in [-0.15, -0.1) is 0 Å². The fourth-order valence-electron chi connectivity index (χ4n) is 2.47. The lowest BCUT2D eigenvalue weighted by molar-refractivity contribution is 0.0975. The van der Waals surface area contributed by atoms with Crippen molar-refractivity contribution in [3.05, 3.63) is 59.2 Å². The second-order valence-electron chi connectivity index (χ2n) is 5.51. The van der Waals surface area contributed by atoms with Gasteiger partial charge >= 0.3 is 0 Å². The minimum atomic E-state index is 0.147. The molecular formula is C22H30O3. The van der Waals surface area contributed by atoms with E-state index < -0.39 is 0 Å². The number of fused-ring (bicyclic) bond motifs is 1. The van der Waals surface area contributed by atoms with E-state index in [9.17, 15) is 4.79 Å². The predicted molar refractivity (Wildman–Crippen MR) is 104 cm³/mol. The van der Waals surface area contributed by atoms with Crippen LogP contribution in [0.25, 0.3) is 0 Å². The van der Waals surface area contributed by atoms with E-state index in [4.69, 9.17) is 9.47 Å². The molecule has 0 bridgehead atoms. The first-order valence-corrected chi connectivity index (χ1v) is 9.13. The van der Waals surface area contributed by atoms with Crippen molar-refractivity contribution in [3.8, 4) is 11.5 Å². The number of carbonyl (C=O) groups is 1. The van der Waals surface area contributed by atoms with Gasteiger partial charge in [0.2, 0.25) is 6.79 Å². The molecule has 0 spiro atoms. The second kappa shape index (κ2) is 10.5. The second-order valence-corrected chi connectivity index (χ2v) is 5.51. The molecule has 1 heterocycles. The number of ether oxygens (including phenoxy) is 2. The number of Topliss-reactive ketones (excluding diaryl/α,β-unsaturated/α-hetero) is 1. The van der Waals surface area contributed by atoms with Gasteiger partial charge in [0.05, 0.1) is 0 Å². The Balaban J connectivity index is 0.000000730. The molecule has 0 aromatic heterocycles. The molecule has 3 nitrogen and oxygen atoms in total. The van der Waals surface area contributed by atoms with E-state index in [1.807, 2.05) is 77.1 Å². The maximum Gasteiger partial charge on any atom is 0.231 e. The minimum Gasteiger partial charge on any atom is -0.454 e. The molecule has 1 aliphatic rings. The number of benzene rings is 2. The molecule has 0 aliphatic carbocycles. The van der Waals surface area contributed by atoms with E-state index in [-0.39, 0.29) is 18.5 Å². The van der Waals surface area contributed by atoms with Gasteiger partial charge < -0.3 is 9.47 Å². The fraction of sp³-hybridized carbons (Fsp3) is 0.409. The predicted octanol–water partition coefficient (Wildman–Crippen LogP) is 6.15. The first-order valence-electron chi connectivity index (χ1n) is 9.13. The van der Waals surface area contributed by atoms with Gasteiger partial charge in [0.1, 0.15) is 0 Å². The van der Waals surface area contributed by atoms with E-state index in [1.54, 1.807) is 0 Å². The van der Waals surface area contributed by atoms with Crippen molar-refractivity contribution in [1.29, 1.82) is 0 Å². The van der Waals surface area contributed by atoms with E-state index in [2.05, 4.69) is 6.92 Å². The van der Waals surface area contributed by atoms with Crippen LogP contribution in [0.1, 0.15) is 68.4 Å². The van der Waals surface area contributed by atoms with Crippen molar-refractivity contribution < 1.29 is 14.3 Å². The average Bonchev–Trinajstić information content (AvgIpc) is 3.13. The Labute approximate surface area is 152 Å². The molecule has 0 amide bonds. The maximum absolute atomic E-state index is 12.3. The van der Waals surface area contributed by atoms with Crippen LogP contribution in [0.5, 0.6) is 11.5 Å². The van der Waals surface area contributed by atoms with Crippen molar-refractivity contribution in [2.45, 2.75) is 53.9 Å². The van der Waals surface area contributed by atoms with Gasteiger partial charge in [0, 0.05) is 12.0 Å². The van der Waals surface area contributed by atoms with Crippen molar-refractivity contribution >= 4 is 5.78 Å². The minimum absolute atomic E-state index is 0.147. The average molecular weight is 342 g/mol. The van der Waals surface area contributed by atoms with Crippen LogP contribution in [-0.4, -0.2) is 12.6 Å². The van der Waals surface area contributed by atoms with Crippen LogP contribution in [0.3, 0.4) is 0 Å². The molecule has 2 aromatic carbocycles. The van der Waals surface area contributed by atoms with Crippen LogP contribution in [0.15, 0.2) is 42.5 Å². The Bertz CT molecular complexity index is 659. The third kappa shape index (κ3) is 5.63. The van der Waals surface area contributed by atoms with Crippen LogP contribution in [0.2, 0.25) is 0 Å². The summed E-state index contributed by atoms with van der Waals surface area (Å²) in [4.78, 5) is 12.3. The highest BCUT2D eigenvalue weighted by Crippen LogP contribution is 2.35. The van der Waals surface area contributed by atoms with Gasteiger partial charge in [-0.05, 0) is 30.5 Å². The fourth-order valence-corrected chi connectivity index (χ4v) is 2.47. The summed E-state index contributed by atoms with van der Waals surface area (Å²) in [6, 6.07) is 13.6. The van der Waals surface area contributed by atoms with Crippen LogP contribution >= 0.6 is 0 Å². The van der Waals surface area contributed by atoms with E-state index >= 15 is 0 Å². The standard InChI is InChI=1S/C18H18O3.2C2H6/c1-12-3-5-14(6-4-12)16(19)9-13(2)15-7-8-17-18(10-15)21-11-20-17;2*1-2/h3-8,10,13H,9,11H2,1-2H3;2*1-2H3. The third-order valence-electron chi connectivity index (χ3n) is 3.83. The molecule has 3 heteroatoms. The van der Waals surface area contributed by atoms with Crippen molar-refractivity contribution in [1.82, 2.24) is 0 Å². The Morgan fingerprint density at radius 3 is 2.20 bits per heavy atom. The van der Waals surface area contributed by atoms with Crippen LogP contribution < -0.4 is 9.47 Å². The lowest BCUT2D eigenvalue weighted by Gasteiger charge is -2.12. The summed E-state index contributed by atoms with van der Waals surface area (Å²) in [7, 11) is 0. The molecule has 0 saturated carbocycles. The molecule has 0 N–H and O–H groups in total. The molecule has 0 fully saturated rings. The Kier molecular flexibility index (Phi) is 8.76. The van der Waals surface area contributed by atoms with Crippen LogP contribution in [-0.2, 0) is 0 Å². The van der Waals surface area contributed by atoms with Gasteiger partial charge in [0.25, 0.3) is 0 Å². The first kappa shape index (κ1) is 20.8. The monoisotopic (exact) mass is 342 g/mol. The largest absolute Gasteiger partial charge is 0.454 e. The van der Waals surface area contributed by atoms with E-state index in [1.165, 1.54) is 0 Å². The third-order valence-corrected chi connectivity index (χ3v) is 3.83. The maximum atomic E-state index is 12.3. The first-order chi connectivity index (χ1) is 12.1. The normalized spacial score (nSPS) is 12.2. The smallest absolute Gasteiger partial charge is 0.231 e. The molecule has 0 saturated heterocycles. The van der Waals surface area contributed by atoms with Crippen LogP contribution in [0, 0.1) is 6.92 Å². The van der Waals surface area contributed by atoms with Crippen molar-refractivity contribution in [3.63, 3.8) is 0 Å². The zero-order valence-electron chi connectivity index (χ0n) is 16.3. The van der Waals surface area contributed by atoms with Crippen LogP contribution in [0.4, 0.5) is 0 Å². The topological polar surface area (TPSA) is 35.5 Å². The van der Waals surface area contributed by atoms with Gasteiger partial charge in [-0.2, -0.15) is 0 Å². The molecule has 1 aliphatic heterocycles. The molecule has 1 unspecified atom stereocenters. The summed E-state index contributed by atoms with van der Waals surface area (Å²) in [6.07, 6.45) is 0.489. The highest BCUT2D eigenvalue weighted by molar-refractivity contribution is 5.96. The summed E-state index contributed by atoms with van der Waals surface area (Å²) >= 11 is 0. The van der Waals surface area contributed by atoms with Gasteiger partial charge in [-0.25, -0.2) is 0 Å². The lowest BCUT2D eigenvalue weighted by Crippen LogP contribution is -2.05. The highest BCUT2D eigenvalue weighted by atomic mass is 16.7. The molecule has 0 radical (unpaired) electrons. The number of aryl methyl sites for hydroxylation is 1. The van der Waals surface area contributed by atoms with Gasteiger partial charge in [0.15, 0.2) is 17.3 Å². The summed E-state index contributed by atoms with van der Waals surface area (Å²) in [5.74, 6) is 1.85. The van der Waals surface area contributed by atoms with E-state index in [0.717, 1.165) is 28.2 Å². The number of hydrogen-bond donors (Lipinski definition) is 0. The SMILES string of the molecule is CC.CC.Cc1ccc(C(=O)CC(C)c2ccc3c(c2)OCO3)cc1. The highest BCUT2D eigenvalue weighted by Gasteiger charge is 2.18.